The molecule has 1 aromatic heterocycles. The van der Waals surface area contributed by atoms with Gasteiger partial charge in [0.15, 0.2) is 0 Å². The number of aliphatic carboxylic acids is 1. The first-order valence-corrected chi connectivity index (χ1v) is 11.2. The van der Waals surface area contributed by atoms with Crippen LogP contribution in [0.2, 0.25) is 5.02 Å². The molecule has 3 aromatic rings. The van der Waals surface area contributed by atoms with E-state index < -0.39 is 29.0 Å². The van der Waals surface area contributed by atoms with Crippen LogP contribution in [0.15, 0.2) is 58.4 Å². The highest BCUT2D eigenvalue weighted by Crippen LogP contribution is 2.54. The fourth-order valence-corrected chi connectivity index (χ4v) is 6.75. The molecule has 0 unspecified atom stereocenters. The minimum absolute atomic E-state index is 0.191. The van der Waals surface area contributed by atoms with Crippen LogP contribution in [-0.2, 0) is 16.1 Å². The first-order chi connectivity index (χ1) is 14.4. The Morgan fingerprint density at radius 1 is 1.13 bits per heavy atom. The Morgan fingerprint density at radius 2 is 1.87 bits per heavy atom. The van der Waals surface area contributed by atoms with E-state index in [1.54, 1.807) is 28.8 Å². The predicted octanol–water partition coefficient (Wildman–Crippen LogP) is 3.84. The molecule has 2 aliphatic rings. The zero-order valence-corrected chi connectivity index (χ0v) is 17.7. The quantitative estimate of drug-likeness (QED) is 0.473. The summed E-state index contributed by atoms with van der Waals surface area (Å²) in [6, 6.07) is 14.2. The number of rotatable bonds is 3. The Labute approximate surface area is 184 Å². The lowest BCUT2D eigenvalue weighted by Crippen LogP contribution is -2.44. The lowest BCUT2D eigenvalue weighted by atomic mass is 9.80. The summed E-state index contributed by atoms with van der Waals surface area (Å²) < 4.78 is 7.02. The van der Waals surface area contributed by atoms with Crippen molar-refractivity contribution in [2.24, 2.45) is 5.92 Å². The zero-order chi connectivity index (χ0) is 21.0. The average molecular weight is 460 g/mol. The number of hydrogen-bond acceptors (Lipinski definition) is 6. The van der Waals surface area contributed by atoms with Gasteiger partial charge in [-0.1, -0.05) is 65.0 Å². The molecule has 0 bridgehead atoms. The third kappa shape index (κ3) is 3.07. The van der Waals surface area contributed by atoms with E-state index in [1.807, 2.05) is 24.3 Å². The van der Waals surface area contributed by atoms with Crippen molar-refractivity contribution < 1.29 is 19.4 Å². The summed E-state index contributed by atoms with van der Waals surface area (Å²) >= 11 is 8.06. The number of carbonyl (C=O) groups excluding carboxylic acids is 1. The normalized spacial score (nSPS) is 21.9. The number of carboxylic acids is 1. The van der Waals surface area contributed by atoms with Crippen LogP contribution < -0.4 is 9.61 Å². The number of carbonyl (C=O) groups is 2. The Kier molecular flexibility index (Phi) is 4.72. The third-order valence-corrected chi connectivity index (χ3v) is 8.17. The Morgan fingerprint density at radius 3 is 2.60 bits per heavy atom. The van der Waals surface area contributed by atoms with Crippen molar-refractivity contribution in [3.05, 3.63) is 79.2 Å². The van der Waals surface area contributed by atoms with Gasteiger partial charge in [-0.05, 0) is 23.8 Å². The van der Waals surface area contributed by atoms with Crippen molar-refractivity contribution >= 4 is 46.6 Å². The number of para-hydroxylation sites is 1. The van der Waals surface area contributed by atoms with E-state index in [-0.39, 0.29) is 4.87 Å². The molecule has 6 nitrogen and oxygen atoms in total. The fourth-order valence-electron chi connectivity index (χ4n) is 3.97. The molecule has 3 heterocycles. The number of carboxylic acid groups (broad SMARTS) is 1. The summed E-state index contributed by atoms with van der Waals surface area (Å²) in [6.45, 7) is 0.296. The molecule has 2 aromatic carbocycles. The first kappa shape index (κ1) is 19.4. The number of halogens is 1. The van der Waals surface area contributed by atoms with Crippen LogP contribution in [-0.4, -0.2) is 26.9 Å². The molecule has 2 aliphatic heterocycles. The smallest absolute Gasteiger partial charge is 0.317 e. The second-order valence-corrected chi connectivity index (χ2v) is 9.65. The minimum Gasteiger partial charge on any atom is -0.480 e. The molecule has 9 heteroatoms. The second kappa shape index (κ2) is 7.30. The second-order valence-electron chi connectivity index (χ2n) is 7.09. The third-order valence-electron chi connectivity index (χ3n) is 5.31. The van der Waals surface area contributed by atoms with Gasteiger partial charge in [-0.25, -0.2) is 0 Å². The van der Waals surface area contributed by atoms with Gasteiger partial charge in [-0.15, -0.1) is 0 Å². The Balaban J connectivity index is 1.68. The van der Waals surface area contributed by atoms with Crippen LogP contribution in [0, 0.1) is 5.92 Å². The van der Waals surface area contributed by atoms with Gasteiger partial charge < -0.3 is 9.84 Å². The first-order valence-electron chi connectivity index (χ1n) is 9.12. The molecule has 30 heavy (non-hydrogen) atoms. The summed E-state index contributed by atoms with van der Waals surface area (Å²) in [6.07, 6.45) is 0. The number of ether oxygens (including phenoxy) is 1. The van der Waals surface area contributed by atoms with E-state index in [9.17, 15) is 19.5 Å². The highest BCUT2D eigenvalue weighted by atomic mass is 35.5. The van der Waals surface area contributed by atoms with Crippen molar-refractivity contribution in [1.29, 1.82) is 0 Å². The standard InChI is InChI=1S/C21H14ClNO5S2/c22-11-7-5-10(6-8-11)9-23-18-16(30-21(23)27)14-12-3-1-2-4-13(12)28-20(26)15(14)17(29-18)19(24)25/h1-8,14-15,17H,9H2,(H,24,25)/t14-,15-,17+/m0/s1. The van der Waals surface area contributed by atoms with Gasteiger partial charge in [0.25, 0.3) is 0 Å². The molecule has 0 saturated heterocycles. The Hall–Kier alpha value is -2.55. The van der Waals surface area contributed by atoms with Gasteiger partial charge in [0.2, 0.25) is 0 Å². The summed E-state index contributed by atoms with van der Waals surface area (Å²) in [5.41, 5.74) is 1.61. The molecular weight excluding hydrogens is 446 g/mol. The maximum atomic E-state index is 12.9. The average Bonchev–Trinajstić information content (AvgIpc) is 3.04. The lowest BCUT2D eigenvalue weighted by molar-refractivity contribution is -0.147. The number of fused-ring (bicyclic) bond motifs is 5. The minimum atomic E-state index is -1.10. The van der Waals surface area contributed by atoms with E-state index in [2.05, 4.69) is 0 Å². The number of aromatic nitrogens is 1. The number of thiazole rings is 1. The molecular formula is C21H14ClNO5S2. The molecule has 0 radical (unpaired) electrons. The molecule has 1 N–H and O–H groups in total. The van der Waals surface area contributed by atoms with Gasteiger partial charge >= 0.3 is 16.8 Å². The van der Waals surface area contributed by atoms with Crippen molar-refractivity contribution in [3.63, 3.8) is 0 Å². The molecule has 0 fully saturated rings. The monoisotopic (exact) mass is 459 g/mol. The molecule has 5 rings (SSSR count). The molecule has 0 spiro atoms. The van der Waals surface area contributed by atoms with Crippen molar-refractivity contribution in [2.75, 3.05) is 0 Å². The van der Waals surface area contributed by atoms with Crippen molar-refractivity contribution in [1.82, 2.24) is 4.57 Å². The van der Waals surface area contributed by atoms with E-state index in [1.165, 1.54) is 0 Å². The molecule has 0 amide bonds. The van der Waals surface area contributed by atoms with Gasteiger partial charge in [-0.3, -0.25) is 19.0 Å². The van der Waals surface area contributed by atoms with Gasteiger partial charge in [0, 0.05) is 21.4 Å². The topological polar surface area (TPSA) is 85.6 Å². The van der Waals surface area contributed by atoms with Crippen LogP contribution in [0.5, 0.6) is 5.75 Å². The van der Waals surface area contributed by atoms with E-state index in [0.717, 1.165) is 34.2 Å². The summed E-state index contributed by atoms with van der Waals surface area (Å²) in [5, 5.41) is 10.0. The van der Waals surface area contributed by atoms with Crippen molar-refractivity contribution in [2.45, 2.75) is 22.7 Å². The van der Waals surface area contributed by atoms with E-state index in [4.69, 9.17) is 16.3 Å². The number of benzene rings is 2. The molecule has 0 aliphatic carbocycles. The van der Waals surface area contributed by atoms with Gasteiger partial charge in [0.05, 0.1) is 17.5 Å². The largest absolute Gasteiger partial charge is 0.480 e. The van der Waals surface area contributed by atoms with Crippen molar-refractivity contribution in [3.8, 4) is 5.75 Å². The summed E-state index contributed by atoms with van der Waals surface area (Å²) in [7, 11) is 0. The Bertz CT molecular complexity index is 1230. The highest BCUT2D eigenvalue weighted by Gasteiger charge is 2.52. The molecule has 0 saturated carbocycles. The molecule has 152 valence electrons. The lowest BCUT2D eigenvalue weighted by Gasteiger charge is -2.37. The van der Waals surface area contributed by atoms with Crippen LogP contribution in [0.4, 0.5) is 0 Å². The highest BCUT2D eigenvalue weighted by molar-refractivity contribution is 8.00. The number of thioether (sulfide) groups is 1. The van der Waals surface area contributed by atoms with Gasteiger partial charge in [0.1, 0.15) is 11.0 Å². The van der Waals surface area contributed by atoms with Gasteiger partial charge in [-0.2, -0.15) is 0 Å². The number of esters is 1. The van der Waals surface area contributed by atoms with E-state index in [0.29, 0.717) is 27.2 Å². The SMILES string of the molecule is O=C1Oc2ccccc2[C@@H]2c3sc(=O)n(Cc4ccc(Cl)cc4)c3S[C@@H](C(=O)O)[C@@H]12. The summed E-state index contributed by atoms with van der Waals surface area (Å²) in [4.78, 5) is 38.2. The van der Waals surface area contributed by atoms with Crippen LogP contribution in [0.3, 0.4) is 0 Å². The predicted molar refractivity (Wildman–Crippen MR) is 114 cm³/mol. The maximum absolute atomic E-state index is 12.9. The van der Waals surface area contributed by atoms with Crippen LogP contribution >= 0.6 is 34.7 Å². The van der Waals surface area contributed by atoms with E-state index >= 15 is 0 Å². The molecule has 3 atom stereocenters. The number of nitrogens with zero attached hydrogens (tertiary/aromatic N) is 1. The maximum Gasteiger partial charge on any atom is 0.317 e. The van der Waals surface area contributed by atoms with Crippen LogP contribution in [0.25, 0.3) is 0 Å². The number of hydrogen-bond donors (Lipinski definition) is 1. The zero-order valence-electron chi connectivity index (χ0n) is 15.3. The fraction of sp³-hybridized carbons (Fsp3) is 0.190. The summed E-state index contributed by atoms with van der Waals surface area (Å²) in [5.74, 6) is -2.68. The van der Waals surface area contributed by atoms with Crippen LogP contribution in [0.1, 0.15) is 21.9 Å².